The third-order valence-electron chi connectivity index (χ3n) is 3.08. The Kier molecular flexibility index (Phi) is 4.40. The Balaban J connectivity index is 2.82. The van der Waals surface area contributed by atoms with Gasteiger partial charge in [0.25, 0.3) is 0 Å². The summed E-state index contributed by atoms with van der Waals surface area (Å²) in [6.45, 7) is 8.68. The first-order chi connectivity index (χ1) is 7.84. The molecule has 96 valence electrons. The fraction of sp³-hybridized carbons (Fsp3) is 0.571. The van der Waals surface area contributed by atoms with Crippen molar-refractivity contribution in [3.05, 3.63) is 23.8 Å². The summed E-state index contributed by atoms with van der Waals surface area (Å²) in [7, 11) is 0. The van der Waals surface area contributed by atoms with Gasteiger partial charge in [0.15, 0.2) is 0 Å². The second-order valence-electron chi connectivity index (χ2n) is 5.65. The van der Waals surface area contributed by atoms with Gasteiger partial charge in [0.05, 0.1) is 0 Å². The molecule has 0 saturated carbocycles. The number of anilines is 2. The van der Waals surface area contributed by atoms with E-state index in [9.17, 15) is 0 Å². The Morgan fingerprint density at radius 1 is 1.35 bits per heavy atom. The van der Waals surface area contributed by atoms with Crippen molar-refractivity contribution in [2.75, 3.05) is 17.7 Å². The SMILES string of the molecule is Cc1ccc(NC(CCO)C(C)(C)C)cc1N. The Hall–Kier alpha value is -1.22. The summed E-state index contributed by atoms with van der Waals surface area (Å²) in [4.78, 5) is 0. The van der Waals surface area contributed by atoms with Crippen molar-refractivity contribution < 1.29 is 5.11 Å². The van der Waals surface area contributed by atoms with E-state index in [1.807, 2.05) is 25.1 Å². The van der Waals surface area contributed by atoms with Gasteiger partial charge in [0, 0.05) is 24.0 Å². The number of hydrogen-bond acceptors (Lipinski definition) is 3. The lowest BCUT2D eigenvalue weighted by molar-refractivity contribution is 0.235. The fourth-order valence-electron chi connectivity index (χ4n) is 1.78. The van der Waals surface area contributed by atoms with Crippen LogP contribution < -0.4 is 11.1 Å². The highest BCUT2D eigenvalue weighted by atomic mass is 16.3. The van der Waals surface area contributed by atoms with Gasteiger partial charge >= 0.3 is 0 Å². The van der Waals surface area contributed by atoms with E-state index in [1.54, 1.807) is 0 Å². The van der Waals surface area contributed by atoms with Gasteiger partial charge in [-0.05, 0) is 36.5 Å². The maximum Gasteiger partial charge on any atom is 0.0450 e. The summed E-state index contributed by atoms with van der Waals surface area (Å²) in [5, 5.41) is 12.6. The van der Waals surface area contributed by atoms with Crippen molar-refractivity contribution in [3.63, 3.8) is 0 Å². The number of nitrogens with one attached hydrogen (secondary N) is 1. The molecule has 1 unspecified atom stereocenters. The van der Waals surface area contributed by atoms with E-state index in [4.69, 9.17) is 10.8 Å². The third-order valence-corrected chi connectivity index (χ3v) is 3.08. The molecule has 0 aliphatic rings. The molecule has 3 heteroatoms. The minimum absolute atomic E-state index is 0.0996. The molecule has 17 heavy (non-hydrogen) atoms. The van der Waals surface area contributed by atoms with Crippen molar-refractivity contribution in [2.24, 2.45) is 5.41 Å². The molecule has 0 aliphatic carbocycles. The predicted molar refractivity (Wildman–Crippen MR) is 74.2 cm³/mol. The summed E-state index contributed by atoms with van der Waals surface area (Å²) >= 11 is 0. The Bertz CT molecular complexity index is 369. The molecular formula is C14H24N2O. The third kappa shape index (κ3) is 3.93. The number of aryl methyl sites for hydroxylation is 1. The lowest BCUT2D eigenvalue weighted by Crippen LogP contribution is -2.34. The zero-order valence-electron chi connectivity index (χ0n) is 11.2. The van der Waals surface area contributed by atoms with Gasteiger partial charge in [0.2, 0.25) is 0 Å². The van der Waals surface area contributed by atoms with E-state index in [-0.39, 0.29) is 18.1 Å². The van der Waals surface area contributed by atoms with E-state index in [1.165, 1.54) is 0 Å². The highest BCUT2D eigenvalue weighted by Crippen LogP contribution is 2.26. The van der Waals surface area contributed by atoms with Crippen molar-refractivity contribution in [1.29, 1.82) is 0 Å². The summed E-state index contributed by atoms with van der Waals surface area (Å²) in [6, 6.07) is 6.22. The number of nitrogen functional groups attached to an aromatic ring is 1. The van der Waals surface area contributed by atoms with Gasteiger partial charge in [-0.3, -0.25) is 0 Å². The van der Waals surface area contributed by atoms with Gasteiger partial charge in [-0.1, -0.05) is 26.8 Å². The molecular weight excluding hydrogens is 212 g/mol. The second kappa shape index (κ2) is 5.41. The van der Waals surface area contributed by atoms with Crippen molar-refractivity contribution >= 4 is 11.4 Å². The van der Waals surface area contributed by atoms with Gasteiger partial charge in [-0.2, -0.15) is 0 Å². The number of hydrogen-bond donors (Lipinski definition) is 3. The minimum Gasteiger partial charge on any atom is -0.398 e. The standard InChI is InChI=1S/C14H24N2O/c1-10-5-6-11(9-12(10)15)16-13(7-8-17)14(2,3)4/h5-6,9,13,16-17H,7-8,15H2,1-4H3. The molecule has 1 atom stereocenters. The van der Waals surface area contributed by atoms with Crippen LogP contribution in [-0.2, 0) is 0 Å². The topological polar surface area (TPSA) is 58.3 Å². The predicted octanol–water partition coefficient (Wildman–Crippen LogP) is 2.79. The van der Waals surface area contributed by atoms with E-state index in [0.29, 0.717) is 0 Å². The van der Waals surface area contributed by atoms with Crippen LogP contribution in [0.1, 0.15) is 32.8 Å². The van der Waals surface area contributed by atoms with Crippen LogP contribution in [0.2, 0.25) is 0 Å². The molecule has 0 aromatic heterocycles. The molecule has 3 nitrogen and oxygen atoms in total. The average molecular weight is 236 g/mol. The molecule has 4 N–H and O–H groups in total. The lowest BCUT2D eigenvalue weighted by Gasteiger charge is -2.32. The van der Waals surface area contributed by atoms with E-state index < -0.39 is 0 Å². The van der Waals surface area contributed by atoms with Crippen LogP contribution in [0.4, 0.5) is 11.4 Å². The van der Waals surface area contributed by atoms with Gasteiger partial charge in [0.1, 0.15) is 0 Å². The number of aliphatic hydroxyl groups excluding tert-OH is 1. The molecule has 1 rings (SSSR count). The zero-order valence-corrected chi connectivity index (χ0v) is 11.2. The second-order valence-corrected chi connectivity index (χ2v) is 5.65. The molecule has 1 aromatic rings. The molecule has 0 saturated heterocycles. The largest absolute Gasteiger partial charge is 0.398 e. The Morgan fingerprint density at radius 3 is 2.47 bits per heavy atom. The van der Waals surface area contributed by atoms with Crippen LogP contribution in [0.25, 0.3) is 0 Å². The van der Waals surface area contributed by atoms with Crippen LogP contribution in [0, 0.1) is 12.3 Å². The monoisotopic (exact) mass is 236 g/mol. The van der Waals surface area contributed by atoms with Crippen LogP contribution in [0.3, 0.4) is 0 Å². The molecule has 0 heterocycles. The molecule has 0 bridgehead atoms. The summed E-state index contributed by atoms with van der Waals surface area (Å²) in [5.74, 6) is 0. The number of benzene rings is 1. The van der Waals surface area contributed by atoms with Crippen molar-refractivity contribution in [3.8, 4) is 0 Å². The van der Waals surface area contributed by atoms with Crippen molar-refractivity contribution in [2.45, 2.75) is 40.2 Å². The highest BCUT2D eigenvalue weighted by Gasteiger charge is 2.23. The molecule has 0 radical (unpaired) electrons. The number of nitrogens with two attached hydrogens (primary N) is 1. The van der Waals surface area contributed by atoms with Gasteiger partial charge in [-0.25, -0.2) is 0 Å². The average Bonchev–Trinajstić information content (AvgIpc) is 2.21. The Morgan fingerprint density at radius 2 is 2.00 bits per heavy atom. The first-order valence-corrected chi connectivity index (χ1v) is 6.08. The van der Waals surface area contributed by atoms with Crippen LogP contribution in [0.5, 0.6) is 0 Å². The fourth-order valence-corrected chi connectivity index (χ4v) is 1.78. The smallest absolute Gasteiger partial charge is 0.0450 e. The van der Waals surface area contributed by atoms with Gasteiger partial charge < -0.3 is 16.2 Å². The molecule has 1 aromatic carbocycles. The highest BCUT2D eigenvalue weighted by molar-refractivity contribution is 5.58. The number of rotatable bonds is 4. The Labute approximate surface area is 104 Å². The first kappa shape index (κ1) is 13.8. The maximum atomic E-state index is 9.11. The van der Waals surface area contributed by atoms with Crippen molar-refractivity contribution in [1.82, 2.24) is 0 Å². The maximum absolute atomic E-state index is 9.11. The minimum atomic E-state index is 0.0996. The van der Waals surface area contributed by atoms with E-state index in [2.05, 4.69) is 26.1 Å². The molecule has 0 fully saturated rings. The summed E-state index contributed by atoms with van der Waals surface area (Å²) in [5.41, 5.74) is 8.89. The van der Waals surface area contributed by atoms with Crippen LogP contribution >= 0.6 is 0 Å². The molecule has 0 aliphatic heterocycles. The molecule has 0 amide bonds. The van der Waals surface area contributed by atoms with Gasteiger partial charge in [-0.15, -0.1) is 0 Å². The quantitative estimate of drug-likeness (QED) is 0.705. The first-order valence-electron chi connectivity index (χ1n) is 6.08. The van der Waals surface area contributed by atoms with E-state index in [0.717, 1.165) is 23.4 Å². The van der Waals surface area contributed by atoms with Crippen LogP contribution in [-0.4, -0.2) is 17.8 Å². The summed E-state index contributed by atoms with van der Waals surface area (Å²) < 4.78 is 0. The number of aliphatic hydroxyl groups is 1. The molecule has 0 spiro atoms. The van der Waals surface area contributed by atoms with E-state index >= 15 is 0 Å². The lowest BCUT2D eigenvalue weighted by atomic mass is 9.84. The summed E-state index contributed by atoms with van der Waals surface area (Å²) in [6.07, 6.45) is 0.733. The zero-order chi connectivity index (χ0) is 13.1. The van der Waals surface area contributed by atoms with Crippen LogP contribution in [0.15, 0.2) is 18.2 Å². The normalized spacial score (nSPS) is 13.5.